The summed E-state index contributed by atoms with van der Waals surface area (Å²) in [6, 6.07) is 20.4. The molecule has 0 atom stereocenters. The van der Waals surface area contributed by atoms with Crippen molar-refractivity contribution in [1.82, 2.24) is 4.90 Å². The Morgan fingerprint density at radius 3 is 2.34 bits per heavy atom. The van der Waals surface area contributed by atoms with E-state index in [0.29, 0.717) is 32.7 Å². The molecule has 1 aliphatic heterocycles. The number of anilines is 2. The van der Waals surface area contributed by atoms with E-state index in [2.05, 4.69) is 41.3 Å². The van der Waals surface area contributed by atoms with E-state index >= 15 is 0 Å². The minimum atomic E-state index is 0.0895. The zero-order valence-corrected chi connectivity index (χ0v) is 17.2. The van der Waals surface area contributed by atoms with Gasteiger partial charge in [0.2, 0.25) is 5.91 Å². The zero-order chi connectivity index (χ0) is 20.1. The van der Waals surface area contributed by atoms with Gasteiger partial charge in [0.05, 0.1) is 30.8 Å². The second-order valence-electron chi connectivity index (χ2n) is 6.83. The van der Waals surface area contributed by atoms with Gasteiger partial charge in [-0.1, -0.05) is 36.0 Å². The number of para-hydroxylation sites is 2. The van der Waals surface area contributed by atoms with E-state index in [9.17, 15) is 4.79 Å². The molecule has 0 saturated heterocycles. The lowest BCUT2D eigenvalue weighted by atomic mass is 10.2. The number of hydrogen-bond acceptors (Lipinski definition) is 5. The number of fused-ring (bicyclic) bond motifs is 2. The molecule has 0 bridgehead atoms. The van der Waals surface area contributed by atoms with Crippen LogP contribution in [0.5, 0.6) is 0 Å². The summed E-state index contributed by atoms with van der Waals surface area (Å²) in [5.41, 5.74) is 2.30. The molecule has 0 radical (unpaired) electrons. The van der Waals surface area contributed by atoms with Crippen LogP contribution in [-0.2, 0) is 16.1 Å². The quantitative estimate of drug-likeness (QED) is 0.528. The average Bonchev–Trinajstić information content (AvgIpc) is 3.27. The van der Waals surface area contributed by atoms with Gasteiger partial charge in [-0.3, -0.25) is 4.79 Å². The molecular formula is C23H24N2O3S. The highest BCUT2D eigenvalue weighted by Gasteiger charge is 2.24. The van der Waals surface area contributed by atoms with Crippen LogP contribution in [0.4, 0.5) is 11.4 Å². The summed E-state index contributed by atoms with van der Waals surface area (Å²) < 4.78 is 10.6. The normalized spacial score (nSPS) is 12.4. The average molecular weight is 409 g/mol. The fraction of sp³-hybridized carbons (Fsp3) is 0.261. The highest BCUT2D eigenvalue weighted by Crippen LogP contribution is 2.47. The van der Waals surface area contributed by atoms with E-state index in [1.54, 1.807) is 30.0 Å². The highest BCUT2D eigenvalue weighted by molar-refractivity contribution is 7.99. The fourth-order valence-corrected chi connectivity index (χ4v) is 4.57. The van der Waals surface area contributed by atoms with Crippen molar-refractivity contribution in [1.29, 1.82) is 0 Å². The summed E-state index contributed by atoms with van der Waals surface area (Å²) in [4.78, 5) is 19.5. The molecule has 150 valence electrons. The Kier molecular flexibility index (Phi) is 6.22. The van der Waals surface area contributed by atoms with E-state index in [1.807, 2.05) is 24.3 Å². The van der Waals surface area contributed by atoms with Crippen LogP contribution in [0.25, 0.3) is 0 Å². The number of benzene rings is 2. The summed E-state index contributed by atoms with van der Waals surface area (Å²) in [6.07, 6.45) is 2.05. The lowest BCUT2D eigenvalue weighted by Gasteiger charge is -2.33. The van der Waals surface area contributed by atoms with Crippen LogP contribution in [0.3, 0.4) is 0 Å². The standard InChI is InChI=1S/C23H24N2O3S/c1-27-16-14-24(17-18-7-6-15-28-18)23(26)12-13-25-19-8-2-4-10-21(19)29-22-11-5-3-9-20(22)25/h2-11,15H,12-14,16-17H2,1H3. The number of hydrogen-bond donors (Lipinski definition) is 0. The van der Waals surface area contributed by atoms with E-state index in [4.69, 9.17) is 9.15 Å². The van der Waals surface area contributed by atoms with E-state index < -0.39 is 0 Å². The highest BCUT2D eigenvalue weighted by atomic mass is 32.2. The first kappa shape index (κ1) is 19.6. The minimum absolute atomic E-state index is 0.0895. The van der Waals surface area contributed by atoms with Crippen molar-refractivity contribution in [3.8, 4) is 0 Å². The first-order valence-electron chi connectivity index (χ1n) is 9.69. The van der Waals surface area contributed by atoms with Gasteiger partial charge in [-0.15, -0.1) is 0 Å². The Bertz CT molecular complexity index is 913. The number of nitrogens with zero attached hydrogens (tertiary/aromatic N) is 2. The van der Waals surface area contributed by atoms with Crippen molar-refractivity contribution in [2.45, 2.75) is 22.8 Å². The van der Waals surface area contributed by atoms with Gasteiger partial charge >= 0.3 is 0 Å². The smallest absolute Gasteiger partial charge is 0.224 e. The van der Waals surface area contributed by atoms with Gasteiger partial charge in [0.25, 0.3) is 0 Å². The van der Waals surface area contributed by atoms with Crippen molar-refractivity contribution < 1.29 is 13.9 Å². The van der Waals surface area contributed by atoms with Crippen molar-refractivity contribution in [2.75, 3.05) is 31.7 Å². The Hall–Kier alpha value is -2.70. The molecule has 2 heterocycles. The van der Waals surface area contributed by atoms with Crippen LogP contribution in [0.1, 0.15) is 12.2 Å². The minimum Gasteiger partial charge on any atom is -0.467 e. The fourth-order valence-electron chi connectivity index (χ4n) is 3.47. The molecule has 5 nitrogen and oxygen atoms in total. The van der Waals surface area contributed by atoms with Gasteiger partial charge in [-0.2, -0.15) is 0 Å². The molecule has 0 spiro atoms. The summed E-state index contributed by atoms with van der Waals surface area (Å²) >= 11 is 1.77. The monoisotopic (exact) mass is 408 g/mol. The molecular weight excluding hydrogens is 384 g/mol. The van der Waals surface area contributed by atoms with Crippen molar-refractivity contribution in [2.24, 2.45) is 0 Å². The SMILES string of the molecule is COCCN(Cc1ccco1)C(=O)CCN1c2ccccc2Sc2ccccc21. The van der Waals surface area contributed by atoms with Crippen LogP contribution < -0.4 is 4.90 Å². The molecule has 1 aromatic heterocycles. The number of carbonyl (C=O) groups excluding carboxylic acids is 1. The molecule has 1 aliphatic rings. The first-order valence-corrected chi connectivity index (χ1v) is 10.5. The van der Waals surface area contributed by atoms with Crippen LogP contribution in [0.2, 0.25) is 0 Å². The third kappa shape index (κ3) is 4.49. The topological polar surface area (TPSA) is 45.9 Å². The summed E-state index contributed by atoms with van der Waals surface area (Å²) in [5, 5.41) is 0. The maximum absolute atomic E-state index is 13.0. The molecule has 6 heteroatoms. The molecule has 29 heavy (non-hydrogen) atoms. The maximum Gasteiger partial charge on any atom is 0.224 e. The largest absolute Gasteiger partial charge is 0.467 e. The van der Waals surface area contributed by atoms with Crippen molar-refractivity contribution in [3.05, 3.63) is 72.7 Å². The van der Waals surface area contributed by atoms with Gasteiger partial charge in [0.1, 0.15) is 5.76 Å². The van der Waals surface area contributed by atoms with Gasteiger partial charge < -0.3 is 19.0 Å². The number of rotatable bonds is 8. The molecule has 4 rings (SSSR count). The molecule has 0 aliphatic carbocycles. The Morgan fingerprint density at radius 1 is 1.03 bits per heavy atom. The summed E-state index contributed by atoms with van der Waals surface area (Å²) in [5.74, 6) is 0.867. The number of carbonyl (C=O) groups is 1. The predicted molar refractivity (Wildman–Crippen MR) is 115 cm³/mol. The lowest BCUT2D eigenvalue weighted by molar-refractivity contribution is -0.132. The van der Waals surface area contributed by atoms with E-state index in [0.717, 1.165) is 17.1 Å². The van der Waals surface area contributed by atoms with Crippen LogP contribution in [-0.4, -0.2) is 37.6 Å². The van der Waals surface area contributed by atoms with E-state index in [1.165, 1.54) is 9.79 Å². The molecule has 1 amide bonds. The third-order valence-electron chi connectivity index (χ3n) is 4.93. The Balaban J connectivity index is 1.50. The van der Waals surface area contributed by atoms with Crippen LogP contribution in [0.15, 0.2) is 81.1 Å². The van der Waals surface area contributed by atoms with Crippen molar-refractivity contribution >= 4 is 29.0 Å². The molecule has 0 saturated carbocycles. The predicted octanol–water partition coefficient (Wildman–Crippen LogP) is 4.95. The first-order chi connectivity index (χ1) is 14.3. The molecule has 0 unspecified atom stereocenters. The number of amides is 1. The summed E-state index contributed by atoms with van der Waals surface area (Å²) in [6.45, 7) is 2.12. The lowest BCUT2D eigenvalue weighted by Crippen LogP contribution is -2.35. The number of furan rings is 1. The molecule has 3 aromatic rings. The number of methoxy groups -OCH3 is 1. The van der Waals surface area contributed by atoms with Gasteiger partial charge in [0.15, 0.2) is 0 Å². The van der Waals surface area contributed by atoms with Crippen LogP contribution >= 0.6 is 11.8 Å². The third-order valence-corrected chi connectivity index (χ3v) is 6.06. The maximum atomic E-state index is 13.0. The molecule has 0 N–H and O–H groups in total. The zero-order valence-electron chi connectivity index (χ0n) is 16.4. The second kappa shape index (κ2) is 9.20. The Labute approximate surface area is 175 Å². The molecule has 2 aromatic carbocycles. The van der Waals surface area contributed by atoms with Crippen LogP contribution in [0, 0.1) is 0 Å². The van der Waals surface area contributed by atoms with Gasteiger partial charge in [0, 0.05) is 36.4 Å². The Morgan fingerprint density at radius 2 is 1.72 bits per heavy atom. The van der Waals surface area contributed by atoms with Gasteiger partial charge in [-0.25, -0.2) is 0 Å². The van der Waals surface area contributed by atoms with E-state index in [-0.39, 0.29) is 5.91 Å². The summed E-state index contributed by atoms with van der Waals surface area (Å²) in [7, 11) is 1.65. The second-order valence-corrected chi connectivity index (χ2v) is 7.91. The number of ether oxygens (including phenoxy) is 1. The van der Waals surface area contributed by atoms with Gasteiger partial charge in [-0.05, 0) is 36.4 Å². The van der Waals surface area contributed by atoms with Crippen molar-refractivity contribution in [3.63, 3.8) is 0 Å². The molecule has 0 fully saturated rings.